The molecule has 5 aromatic rings. The Kier molecular flexibility index (Phi) is 6.74. The van der Waals surface area contributed by atoms with Gasteiger partial charge in [-0.05, 0) is 74.9 Å². The molecule has 0 bridgehead atoms. The Bertz CT molecular complexity index is 1680. The van der Waals surface area contributed by atoms with Crippen molar-refractivity contribution in [2.24, 2.45) is 5.92 Å². The maximum Gasteiger partial charge on any atom is 0.333 e. The van der Waals surface area contributed by atoms with Crippen LogP contribution in [0.3, 0.4) is 0 Å². The number of halogens is 1. The zero-order valence-corrected chi connectivity index (χ0v) is 22.3. The summed E-state index contributed by atoms with van der Waals surface area (Å²) in [5, 5.41) is 7.81. The number of aromatic nitrogens is 6. The Labute approximate surface area is 230 Å². The van der Waals surface area contributed by atoms with Gasteiger partial charge in [0.1, 0.15) is 0 Å². The molecule has 0 spiro atoms. The molecule has 10 heteroatoms. The number of hydrogen-bond donors (Lipinski definition) is 1. The third-order valence-corrected chi connectivity index (χ3v) is 7.69. The lowest BCUT2D eigenvalue weighted by Gasteiger charge is -2.29. The summed E-state index contributed by atoms with van der Waals surface area (Å²) >= 11 is 6.04. The monoisotopic (exact) mass is 541 g/mol. The lowest BCUT2D eigenvalue weighted by atomic mass is 9.85. The molecule has 0 saturated heterocycles. The van der Waals surface area contributed by atoms with Gasteiger partial charge in [-0.15, -0.1) is 0 Å². The highest BCUT2D eigenvalue weighted by Gasteiger charge is 2.25. The van der Waals surface area contributed by atoms with E-state index in [1.807, 2.05) is 53.2 Å². The van der Waals surface area contributed by atoms with Crippen molar-refractivity contribution in [3.63, 3.8) is 0 Å². The van der Waals surface area contributed by atoms with Crippen LogP contribution in [0.15, 0.2) is 78.1 Å². The van der Waals surface area contributed by atoms with Gasteiger partial charge in [0.05, 0.1) is 39.2 Å². The molecule has 0 radical (unpaired) electrons. The number of carbonyl (C=O) groups is 1. The van der Waals surface area contributed by atoms with Crippen molar-refractivity contribution >= 4 is 28.5 Å². The normalized spacial score (nSPS) is 17.4. The van der Waals surface area contributed by atoms with Crippen molar-refractivity contribution in [1.29, 1.82) is 0 Å². The van der Waals surface area contributed by atoms with Crippen molar-refractivity contribution in [3.05, 3.63) is 100 Å². The van der Waals surface area contributed by atoms with Gasteiger partial charge >= 0.3 is 5.69 Å². The van der Waals surface area contributed by atoms with E-state index in [0.29, 0.717) is 40.2 Å². The van der Waals surface area contributed by atoms with Gasteiger partial charge in [-0.1, -0.05) is 23.7 Å². The summed E-state index contributed by atoms with van der Waals surface area (Å²) in [4.78, 5) is 35.2. The van der Waals surface area contributed by atoms with E-state index in [-0.39, 0.29) is 17.6 Å². The van der Waals surface area contributed by atoms with Crippen LogP contribution in [0, 0.1) is 12.8 Å². The topological polar surface area (TPSA) is 99.6 Å². The fourth-order valence-corrected chi connectivity index (χ4v) is 5.59. The van der Waals surface area contributed by atoms with E-state index in [9.17, 15) is 9.59 Å². The molecule has 1 aromatic carbocycles. The molecule has 1 aliphatic carbocycles. The van der Waals surface area contributed by atoms with Crippen molar-refractivity contribution < 1.29 is 4.79 Å². The van der Waals surface area contributed by atoms with E-state index in [0.717, 1.165) is 36.7 Å². The summed E-state index contributed by atoms with van der Waals surface area (Å²) in [5.74, 6) is 0.883. The van der Waals surface area contributed by atoms with Crippen molar-refractivity contribution in [2.75, 3.05) is 0 Å². The molecule has 1 N–H and O–H groups in total. The Morgan fingerprint density at radius 2 is 1.82 bits per heavy atom. The van der Waals surface area contributed by atoms with Crippen LogP contribution in [0.5, 0.6) is 0 Å². The lowest BCUT2D eigenvalue weighted by Crippen LogP contribution is -2.39. The van der Waals surface area contributed by atoms with E-state index >= 15 is 0 Å². The number of imidazole rings is 1. The Balaban J connectivity index is 1.18. The number of fused-ring (bicyclic) bond motifs is 1. The Morgan fingerprint density at radius 3 is 2.54 bits per heavy atom. The van der Waals surface area contributed by atoms with E-state index in [2.05, 4.69) is 20.4 Å². The molecule has 0 aliphatic heterocycles. The summed E-state index contributed by atoms with van der Waals surface area (Å²) in [6.07, 6.45) is 10.3. The minimum Gasteiger partial charge on any atom is -0.349 e. The predicted octanol–water partition coefficient (Wildman–Crippen LogP) is 4.72. The number of pyridine rings is 2. The average molecular weight is 542 g/mol. The van der Waals surface area contributed by atoms with Gasteiger partial charge in [0, 0.05) is 31.2 Å². The van der Waals surface area contributed by atoms with Gasteiger partial charge in [-0.2, -0.15) is 5.10 Å². The molecule has 6 rings (SSSR count). The van der Waals surface area contributed by atoms with Gasteiger partial charge in [-0.3, -0.25) is 18.9 Å². The first-order chi connectivity index (χ1) is 19.0. The van der Waals surface area contributed by atoms with Crippen LogP contribution < -0.4 is 11.0 Å². The van der Waals surface area contributed by atoms with Crippen LogP contribution in [0.2, 0.25) is 5.02 Å². The van der Waals surface area contributed by atoms with E-state index < -0.39 is 0 Å². The highest BCUT2D eigenvalue weighted by molar-refractivity contribution is 6.30. The molecular weight excluding hydrogens is 514 g/mol. The van der Waals surface area contributed by atoms with Gasteiger partial charge < -0.3 is 5.32 Å². The first-order valence-electron chi connectivity index (χ1n) is 13.1. The molecule has 198 valence electrons. The van der Waals surface area contributed by atoms with Crippen LogP contribution in [0.1, 0.15) is 41.7 Å². The van der Waals surface area contributed by atoms with Crippen LogP contribution in [0.25, 0.3) is 22.5 Å². The van der Waals surface area contributed by atoms with E-state index in [1.54, 1.807) is 40.8 Å². The minimum atomic E-state index is -0.141. The second-order valence-electron chi connectivity index (χ2n) is 10.0. The maximum absolute atomic E-state index is 13.7. The standard InChI is InChI=1S/C29H28ClN7O2/c1-19-24(15-21(30)16-31-19)28(38)34-22-9-7-20(8-10-22)18-35-25-5-2-3-6-26(25)37(29(35)39)23-11-12-27(32-17-23)36-14-4-13-33-36/h2-6,11-17,20,22H,7-10,18H2,1H3,(H,34,38)/t20-,22-. The number of carbonyl (C=O) groups excluding carboxylic acids is 1. The third kappa shape index (κ3) is 4.97. The first kappa shape index (κ1) is 25.1. The molecule has 1 saturated carbocycles. The Morgan fingerprint density at radius 1 is 1.03 bits per heavy atom. The molecule has 1 fully saturated rings. The molecule has 0 unspecified atom stereocenters. The molecule has 9 nitrogen and oxygen atoms in total. The third-order valence-electron chi connectivity index (χ3n) is 7.49. The summed E-state index contributed by atoms with van der Waals surface area (Å²) < 4.78 is 5.28. The first-order valence-corrected chi connectivity index (χ1v) is 13.5. The number of nitrogens with one attached hydrogen (secondary N) is 1. The smallest absolute Gasteiger partial charge is 0.333 e. The summed E-state index contributed by atoms with van der Waals surface area (Å²) in [7, 11) is 0. The summed E-state index contributed by atoms with van der Waals surface area (Å²) in [6.45, 7) is 2.43. The van der Waals surface area contributed by atoms with Gasteiger partial charge in [-0.25, -0.2) is 14.5 Å². The highest BCUT2D eigenvalue weighted by atomic mass is 35.5. The van der Waals surface area contributed by atoms with Crippen LogP contribution in [0.4, 0.5) is 0 Å². The summed E-state index contributed by atoms with van der Waals surface area (Å²) in [6, 6.07) is 15.2. The quantitative estimate of drug-likeness (QED) is 0.335. The van der Waals surface area contributed by atoms with Crippen molar-refractivity contribution in [1.82, 2.24) is 34.2 Å². The number of rotatable bonds is 6. The number of para-hydroxylation sites is 2. The molecule has 1 aliphatic rings. The predicted molar refractivity (Wildman–Crippen MR) is 150 cm³/mol. The van der Waals surface area contributed by atoms with E-state index in [1.165, 1.54) is 0 Å². The van der Waals surface area contributed by atoms with Crippen molar-refractivity contribution in [2.45, 2.75) is 45.2 Å². The lowest BCUT2D eigenvalue weighted by molar-refractivity contribution is 0.0919. The Hall–Kier alpha value is -4.24. The molecule has 0 atom stereocenters. The SMILES string of the molecule is Cc1ncc(Cl)cc1C(=O)N[C@H]1CC[C@H](Cn2c(=O)n(-c3ccc(-n4cccn4)nc3)c3ccccc32)CC1. The van der Waals surface area contributed by atoms with Gasteiger partial charge in [0.2, 0.25) is 0 Å². The molecular formula is C29H28ClN7O2. The molecule has 39 heavy (non-hydrogen) atoms. The molecule has 4 aromatic heterocycles. The van der Waals surface area contributed by atoms with Crippen LogP contribution in [-0.4, -0.2) is 40.8 Å². The fourth-order valence-electron chi connectivity index (χ4n) is 5.43. The van der Waals surface area contributed by atoms with Crippen molar-refractivity contribution in [3.8, 4) is 11.5 Å². The number of benzene rings is 1. The fraction of sp³-hybridized carbons (Fsp3) is 0.276. The zero-order valence-electron chi connectivity index (χ0n) is 21.5. The number of nitrogens with zero attached hydrogens (tertiary/aromatic N) is 6. The van der Waals surface area contributed by atoms with Gasteiger partial charge in [0.15, 0.2) is 5.82 Å². The number of amides is 1. The molecule has 4 heterocycles. The molecule has 1 amide bonds. The average Bonchev–Trinajstić information content (AvgIpc) is 3.58. The second-order valence-corrected chi connectivity index (χ2v) is 10.5. The summed E-state index contributed by atoms with van der Waals surface area (Å²) in [5.41, 5.74) is 3.55. The number of aryl methyl sites for hydroxylation is 1. The largest absolute Gasteiger partial charge is 0.349 e. The zero-order chi connectivity index (χ0) is 26.9. The highest BCUT2D eigenvalue weighted by Crippen LogP contribution is 2.28. The maximum atomic E-state index is 13.7. The van der Waals surface area contributed by atoms with Gasteiger partial charge in [0.25, 0.3) is 5.91 Å². The van der Waals surface area contributed by atoms with Crippen LogP contribution >= 0.6 is 11.6 Å². The minimum absolute atomic E-state index is 0.0794. The van der Waals surface area contributed by atoms with Crippen LogP contribution in [-0.2, 0) is 6.54 Å². The van der Waals surface area contributed by atoms with E-state index in [4.69, 9.17) is 11.6 Å². The number of hydrogen-bond acceptors (Lipinski definition) is 5. The second kappa shape index (κ2) is 10.5.